The number of ketones is 2. The van der Waals surface area contributed by atoms with Crippen molar-refractivity contribution in [1.29, 1.82) is 0 Å². The van der Waals surface area contributed by atoms with Crippen molar-refractivity contribution in [3.05, 3.63) is 49.2 Å². The highest BCUT2D eigenvalue weighted by atomic mass is 79.9. The molecule has 1 aromatic carbocycles. The molecule has 33 heavy (non-hydrogen) atoms. The van der Waals surface area contributed by atoms with Crippen LogP contribution in [0.5, 0.6) is 5.75 Å². The van der Waals surface area contributed by atoms with Gasteiger partial charge in [0, 0.05) is 41.3 Å². The maximum absolute atomic E-state index is 13.2. The van der Waals surface area contributed by atoms with Gasteiger partial charge in [-0.1, -0.05) is 0 Å². The molecular formula is C23H21Br2NO7. The molecule has 0 saturated carbocycles. The number of carbonyl (C=O) groups is 4. The molecule has 0 amide bonds. The average Bonchev–Trinajstić information content (AvgIpc) is 2.73. The Labute approximate surface area is 206 Å². The molecule has 0 saturated heterocycles. The molecule has 1 aliphatic heterocycles. The number of carboxylic acid groups (broad SMARTS) is 2. The third kappa shape index (κ3) is 4.50. The molecular weight excluding hydrogens is 562 g/mol. The van der Waals surface area contributed by atoms with Crippen LogP contribution in [0.3, 0.4) is 0 Å². The summed E-state index contributed by atoms with van der Waals surface area (Å²) < 4.78 is 6.33. The molecule has 4 rings (SSSR count). The zero-order valence-electron chi connectivity index (χ0n) is 17.5. The number of carbonyl (C=O) groups excluding carboxylic acids is 2. The normalized spacial score (nSPS) is 18.9. The minimum Gasteiger partial charge on any atom is -0.480 e. The first-order valence-corrected chi connectivity index (χ1v) is 12.1. The Bertz CT molecular complexity index is 1070. The van der Waals surface area contributed by atoms with Crippen LogP contribution in [0.1, 0.15) is 50.0 Å². The van der Waals surface area contributed by atoms with E-state index < -0.39 is 24.5 Å². The number of benzene rings is 1. The second-order valence-electron chi connectivity index (χ2n) is 8.18. The van der Waals surface area contributed by atoms with E-state index in [-0.39, 0.29) is 18.1 Å². The van der Waals surface area contributed by atoms with E-state index in [0.29, 0.717) is 81.3 Å². The van der Waals surface area contributed by atoms with E-state index in [2.05, 4.69) is 31.9 Å². The Balaban J connectivity index is 1.89. The zero-order chi connectivity index (χ0) is 23.9. The van der Waals surface area contributed by atoms with Gasteiger partial charge in [0.05, 0.1) is 8.95 Å². The van der Waals surface area contributed by atoms with Crippen molar-refractivity contribution in [2.45, 2.75) is 44.4 Å². The predicted octanol–water partition coefficient (Wildman–Crippen LogP) is 4.17. The smallest absolute Gasteiger partial charge is 0.341 e. The highest BCUT2D eigenvalue weighted by Crippen LogP contribution is 2.50. The SMILES string of the molecule is O=C(O)COc1c(Br)cc(C2C3=C(CCCC3=O)N(CC(=O)O)C3=C2C(=O)CCC3)cc1Br. The largest absolute Gasteiger partial charge is 0.480 e. The molecule has 0 unspecified atom stereocenters. The van der Waals surface area contributed by atoms with E-state index >= 15 is 0 Å². The summed E-state index contributed by atoms with van der Waals surface area (Å²) in [6.07, 6.45) is 3.08. The van der Waals surface area contributed by atoms with E-state index in [1.807, 2.05) is 0 Å². The Morgan fingerprint density at radius 2 is 1.42 bits per heavy atom. The third-order valence-corrected chi connectivity index (χ3v) is 7.25. The number of rotatable bonds is 6. The Hall–Kier alpha value is -2.46. The van der Waals surface area contributed by atoms with Gasteiger partial charge in [-0.2, -0.15) is 0 Å². The maximum Gasteiger partial charge on any atom is 0.341 e. The molecule has 2 N–H and O–H groups in total. The molecule has 1 heterocycles. The lowest BCUT2D eigenvalue weighted by atomic mass is 9.71. The molecule has 0 atom stereocenters. The second-order valence-corrected chi connectivity index (χ2v) is 9.89. The fraction of sp³-hybridized carbons (Fsp3) is 0.391. The molecule has 0 spiro atoms. The van der Waals surface area contributed by atoms with Gasteiger partial charge in [0.15, 0.2) is 18.2 Å². The van der Waals surface area contributed by atoms with Crippen molar-refractivity contribution in [2.24, 2.45) is 0 Å². The van der Waals surface area contributed by atoms with Gasteiger partial charge in [-0.25, -0.2) is 4.79 Å². The highest BCUT2D eigenvalue weighted by Gasteiger charge is 2.43. The molecule has 8 nitrogen and oxygen atoms in total. The number of carboxylic acids is 2. The summed E-state index contributed by atoms with van der Waals surface area (Å²) in [5, 5.41) is 18.5. The van der Waals surface area contributed by atoms with E-state index in [1.165, 1.54) is 0 Å². The summed E-state index contributed by atoms with van der Waals surface area (Å²) in [4.78, 5) is 50.5. The minimum atomic E-state index is -1.12. The second kappa shape index (κ2) is 9.42. The van der Waals surface area contributed by atoms with E-state index in [4.69, 9.17) is 9.84 Å². The van der Waals surface area contributed by atoms with Crippen molar-refractivity contribution in [3.63, 3.8) is 0 Å². The number of allylic oxidation sites excluding steroid dienone is 4. The lowest BCUT2D eigenvalue weighted by molar-refractivity contribution is -0.139. The number of Topliss-reactive ketones (excluding diaryl/α,β-unsaturated/α-hetero) is 2. The fourth-order valence-corrected chi connectivity index (χ4v) is 6.34. The number of nitrogens with zero attached hydrogens (tertiary/aromatic N) is 1. The molecule has 0 fully saturated rings. The van der Waals surface area contributed by atoms with Crippen molar-refractivity contribution < 1.29 is 34.1 Å². The van der Waals surface area contributed by atoms with Crippen molar-refractivity contribution >= 4 is 55.4 Å². The highest BCUT2D eigenvalue weighted by molar-refractivity contribution is 9.11. The molecule has 174 valence electrons. The van der Waals surface area contributed by atoms with Crippen LogP contribution >= 0.6 is 31.9 Å². The lowest BCUT2D eigenvalue weighted by Crippen LogP contribution is -2.41. The van der Waals surface area contributed by atoms with Crippen LogP contribution in [0.2, 0.25) is 0 Å². The molecule has 3 aliphatic rings. The Kier molecular flexibility index (Phi) is 6.76. The van der Waals surface area contributed by atoms with Gasteiger partial charge < -0.3 is 19.8 Å². The molecule has 1 aromatic rings. The summed E-state index contributed by atoms with van der Waals surface area (Å²) in [7, 11) is 0. The Morgan fingerprint density at radius 1 is 0.909 bits per heavy atom. The predicted molar refractivity (Wildman–Crippen MR) is 124 cm³/mol. The van der Waals surface area contributed by atoms with Crippen molar-refractivity contribution in [1.82, 2.24) is 4.90 Å². The number of hydrogen-bond donors (Lipinski definition) is 2. The average molecular weight is 583 g/mol. The first kappa shape index (κ1) is 23.7. The van der Waals surface area contributed by atoms with Crippen LogP contribution < -0.4 is 4.74 Å². The first-order chi connectivity index (χ1) is 15.7. The summed E-state index contributed by atoms with van der Waals surface area (Å²) in [6, 6.07) is 3.47. The number of ether oxygens (including phenoxy) is 1. The zero-order valence-corrected chi connectivity index (χ0v) is 20.7. The molecule has 10 heteroatoms. The number of aliphatic carboxylic acids is 2. The maximum atomic E-state index is 13.2. The van der Waals surface area contributed by atoms with Crippen LogP contribution in [0.25, 0.3) is 0 Å². The summed E-state index contributed by atoms with van der Waals surface area (Å²) in [6.45, 7) is -0.813. The van der Waals surface area contributed by atoms with Crippen LogP contribution in [0.15, 0.2) is 43.6 Å². The summed E-state index contributed by atoms with van der Waals surface area (Å²) in [5.41, 5.74) is 3.01. The minimum absolute atomic E-state index is 0.0833. The van der Waals surface area contributed by atoms with Crippen LogP contribution in [0.4, 0.5) is 0 Å². The van der Waals surface area contributed by atoms with E-state index in [0.717, 1.165) is 0 Å². The van der Waals surface area contributed by atoms with Gasteiger partial charge in [-0.3, -0.25) is 14.4 Å². The lowest BCUT2D eigenvalue weighted by Gasteiger charge is -2.43. The summed E-state index contributed by atoms with van der Waals surface area (Å²) in [5.74, 6) is -2.61. The first-order valence-electron chi connectivity index (χ1n) is 10.5. The van der Waals surface area contributed by atoms with Gasteiger partial charge in [-0.15, -0.1) is 0 Å². The van der Waals surface area contributed by atoms with Crippen LogP contribution in [-0.2, 0) is 19.2 Å². The standard InChI is InChI=1S/C23H21Br2NO7/c24-12-7-11(8-13(25)23(12)33-10-19(31)32)20-21-14(3-1-5-16(21)27)26(9-18(29)30)15-4-2-6-17(28)22(15)20/h7-8,20H,1-6,9-10H2,(H,29,30)(H,31,32). The monoisotopic (exact) mass is 581 g/mol. The number of halogens is 2. The fourth-order valence-electron chi connectivity index (χ4n) is 4.89. The topological polar surface area (TPSA) is 121 Å². The van der Waals surface area contributed by atoms with E-state index in [9.17, 15) is 24.3 Å². The van der Waals surface area contributed by atoms with Gasteiger partial charge in [0.25, 0.3) is 0 Å². The molecule has 0 aromatic heterocycles. The van der Waals surface area contributed by atoms with Gasteiger partial charge in [0.2, 0.25) is 0 Å². The quantitative estimate of drug-likeness (QED) is 0.512. The van der Waals surface area contributed by atoms with E-state index in [1.54, 1.807) is 17.0 Å². The Morgan fingerprint density at radius 3 is 1.88 bits per heavy atom. The van der Waals surface area contributed by atoms with Crippen molar-refractivity contribution in [2.75, 3.05) is 13.2 Å². The molecule has 0 bridgehead atoms. The van der Waals surface area contributed by atoms with Gasteiger partial charge >= 0.3 is 11.9 Å². The molecule has 2 aliphatic carbocycles. The van der Waals surface area contributed by atoms with Gasteiger partial charge in [-0.05, 0) is 75.2 Å². The number of hydrogen-bond acceptors (Lipinski definition) is 6. The third-order valence-electron chi connectivity index (χ3n) is 6.07. The molecule has 0 radical (unpaired) electrons. The van der Waals surface area contributed by atoms with Crippen molar-refractivity contribution in [3.8, 4) is 5.75 Å². The van der Waals surface area contributed by atoms with Crippen LogP contribution in [0, 0.1) is 0 Å². The van der Waals surface area contributed by atoms with Gasteiger partial charge in [0.1, 0.15) is 12.3 Å². The summed E-state index contributed by atoms with van der Waals surface area (Å²) >= 11 is 6.86. The van der Waals surface area contributed by atoms with Crippen LogP contribution in [-0.4, -0.2) is 51.8 Å².